The summed E-state index contributed by atoms with van der Waals surface area (Å²) in [6.07, 6.45) is 1.86. The van der Waals surface area contributed by atoms with Crippen LogP contribution in [-0.2, 0) is 7.05 Å². The molecule has 4 rings (SSSR count). The molecular weight excluding hydrogens is 530 g/mol. The van der Waals surface area contributed by atoms with Crippen LogP contribution in [0.15, 0.2) is 57.6 Å². The molecule has 0 saturated carbocycles. The highest BCUT2D eigenvalue weighted by atomic mass is 79.9. The van der Waals surface area contributed by atoms with Crippen molar-refractivity contribution in [3.8, 4) is 11.3 Å². The van der Waals surface area contributed by atoms with Crippen LogP contribution in [0.3, 0.4) is 0 Å². The van der Waals surface area contributed by atoms with Crippen molar-refractivity contribution in [3.63, 3.8) is 0 Å². The zero-order valence-corrected chi connectivity index (χ0v) is 19.6. The predicted molar refractivity (Wildman–Crippen MR) is 125 cm³/mol. The summed E-state index contributed by atoms with van der Waals surface area (Å²) in [5, 5.41) is 19.0. The average molecular weight is 545 g/mol. The van der Waals surface area contributed by atoms with E-state index in [0.717, 1.165) is 11.3 Å². The smallest absolute Gasteiger partial charge is 0.271 e. The summed E-state index contributed by atoms with van der Waals surface area (Å²) in [4.78, 5) is 28.6. The van der Waals surface area contributed by atoms with Gasteiger partial charge in [-0.25, -0.2) is 4.98 Å². The van der Waals surface area contributed by atoms with Crippen molar-refractivity contribution < 1.29 is 9.72 Å². The molecule has 0 bridgehead atoms. The first kappa shape index (κ1) is 21.1. The van der Waals surface area contributed by atoms with E-state index in [1.807, 2.05) is 44.4 Å². The third-order valence-electron chi connectivity index (χ3n) is 4.73. The third-order valence-corrected chi connectivity index (χ3v) is 5.98. The van der Waals surface area contributed by atoms with Crippen LogP contribution in [0.4, 0.5) is 11.4 Å². The molecule has 0 spiro atoms. The molecular formula is C21H15Br2N5O3. The maximum absolute atomic E-state index is 13.3. The van der Waals surface area contributed by atoms with Crippen LogP contribution in [0.25, 0.3) is 22.2 Å². The van der Waals surface area contributed by atoms with Crippen molar-refractivity contribution >= 4 is 60.0 Å². The van der Waals surface area contributed by atoms with Gasteiger partial charge >= 0.3 is 0 Å². The monoisotopic (exact) mass is 543 g/mol. The van der Waals surface area contributed by atoms with Crippen molar-refractivity contribution in [1.82, 2.24) is 14.8 Å². The second kappa shape index (κ2) is 8.20. The Morgan fingerprint density at radius 3 is 2.45 bits per heavy atom. The van der Waals surface area contributed by atoms with Gasteiger partial charge in [0, 0.05) is 45.3 Å². The molecule has 2 aromatic heterocycles. The largest absolute Gasteiger partial charge is 0.320 e. The molecule has 10 heteroatoms. The Kier molecular flexibility index (Phi) is 5.59. The predicted octanol–water partition coefficient (Wildman–Crippen LogP) is 5.63. The number of nitrogens with one attached hydrogen (secondary N) is 1. The lowest BCUT2D eigenvalue weighted by atomic mass is 10.0. The topological polar surface area (TPSA) is 103 Å². The highest BCUT2D eigenvalue weighted by Crippen LogP contribution is 2.36. The summed E-state index contributed by atoms with van der Waals surface area (Å²) >= 11 is 6.62. The summed E-state index contributed by atoms with van der Waals surface area (Å²) in [7, 11) is 1.83. The molecule has 2 aromatic carbocycles. The SMILES string of the molecule is Cc1nn(C)cc1-c1cc(C(=O)Nc2c(Br)cc([N+](=O)[O-])cc2Br)c2ccccc2n1. The number of amides is 1. The van der Waals surface area contributed by atoms with Gasteiger partial charge in [0.25, 0.3) is 11.6 Å². The number of pyridine rings is 1. The molecule has 0 saturated heterocycles. The number of aryl methyl sites for hydroxylation is 2. The van der Waals surface area contributed by atoms with E-state index in [2.05, 4.69) is 42.3 Å². The first-order chi connectivity index (χ1) is 14.7. The number of anilines is 1. The van der Waals surface area contributed by atoms with E-state index in [-0.39, 0.29) is 11.6 Å². The summed E-state index contributed by atoms with van der Waals surface area (Å²) in [5.74, 6) is -0.364. The molecule has 1 amide bonds. The number of non-ortho nitro benzene ring substituents is 1. The third kappa shape index (κ3) is 4.08. The number of para-hydroxylation sites is 1. The number of hydrogen-bond acceptors (Lipinski definition) is 5. The molecule has 8 nitrogen and oxygen atoms in total. The molecule has 0 unspecified atom stereocenters. The van der Waals surface area contributed by atoms with Gasteiger partial charge in [-0.15, -0.1) is 0 Å². The summed E-state index contributed by atoms with van der Waals surface area (Å²) in [6.45, 7) is 1.89. The molecule has 31 heavy (non-hydrogen) atoms. The molecule has 0 aliphatic heterocycles. The van der Waals surface area contributed by atoms with E-state index in [1.165, 1.54) is 12.1 Å². The van der Waals surface area contributed by atoms with Crippen LogP contribution in [0, 0.1) is 17.0 Å². The van der Waals surface area contributed by atoms with Crippen LogP contribution in [0.5, 0.6) is 0 Å². The first-order valence-electron chi connectivity index (χ1n) is 9.10. The number of rotatable bonds is 4. The molecule has 0 fully saturated rings. The van der Waals surface area contributed by atoms with E-state index >= 15 is 0 Å². The van der Waals surface area contributed by atoms with Crippen LogP contribution in [0.2, 0.25) is 0 Å². The number of nitro benzene ring substituents is 1. The second-order valence-corrected chi connectivity index (χ2v) is 8.58. The zero-order valence-electron chi connectivity index (χ0n) is 16.4. The van der Waals surface area contributed by atoms with Gasteiger partial charge < -0.3 is 5.32 Å². The van der Waals surface area contributed by atoms with Crippen molar-refractivity contribution in [2.24, 2.45) is 7.05 Å². The highest BCUT2D eigenvalue weighted by molar-refractivity contribution is 9.11. The van der Waals surface area contributed by atoms with E-state index in [4.69, 9.17) is 4.98 Å². The maximum Gasteiger partial charge on any atom is 0.271 e. The Morgan fingerprint density at radius 1 is 1.16 bits per heavy atom. The lowest BCUT2D eigenvalue weighted by Crippen LogP contribution is -2.14. The molecule has 0 aliphatic carbocycles. The minimum atomic E-state index is -0.500. The summed E-state index contributed by atoms with van der Waals surface area (Å²) < 4.78 is 2.49. The fourth-order valence-electron chi connectivity index (χ4n) is 3.32. The molecule has 2 heterocycles. The number of benzene rings is 2. The van der Waals surface area contributed by atoms with Gasteiger partial charge in [0.15, 0.2) is 0 Å². The van der Waals surface area contributed by atoms with Gasteiger partial charge in [-0.05, 0) is 50.9 Å². The van der Waals surface area contributed by atoms with Crippen molar-refractivity contribution in [1.29, 1.82) is 0 Å². The minimum absolute atomic E-state index is 0.0968. The van der Waals surface area contributed by atoms with Crippen LogP contribution in [0.1, 0.15) is 16.1 Å². The number of fused-ring (bicyclic) bond motifs is 1. The molecule has 4 aromatic rings. The standard InChI is InChI=1S/C21H15Br2N5O3/c1-11-15(10-27(2)26-11)19-9-14(13-5-3-4-6-18(13)24-19)21(29)25-20-16(22)7-12(28(30)31)8-17(20)23/h3-10H,1-2H3,(H,25,29). The van der Waals surface area contributed by atoms with E-state index in [9.17, 15) is 14.9 Å². The van der Waals surface area contributed by atoms with Crippen LogP contribution >= 0.6 is 31.9 Å². The number of nitro groups is 1. The fraction of sp³-hybridized carbons (Fsp3) is 0.0952. The number of carbonyl (C=O) groups excluding carboxylic acids is 1. The van der Waals surface area contributed by atoms with Gasteiger partial charge in [0.05, 0.1) is 33.1 Å². The Bertz CT molecular complexity index is 1340. The highest BCUT2D eigenvalue weighted by Gasteiger charge is 2.20. The van der Waals surface area contributed by atoms with Gasteiger partial charge in [0.2, 0.25) is 0 Å². The summed E-state index contributed by atoms with van der Waals surface area (Å²) in [5.41, 5.74) is 3.68. The normalized spacial score (nSPS) is 11.0. The van der Waals surface area contributed by atoms with Gasteiger partial charge in [-0.2, -0.15) is 5.10 Å². The quantitative estimate of drug-likeness (QED) is 0.265. The van der Waals surface area contributed by atoms with E-state index < -0.39 is 4.92 Å². The average Bonchev–Trinajstić information content (AvgIpc) is 3.07. The Hall–Kier alpha value is -3.11. The number of aromatic nitrogens is 3. The lowest BCUT2D eigenvalue weighted by molar-refractivity contribution is -0.385. The molecule has 156 valence electrons. The van der Waals surface area contributed by atoms with Crippen LogP contribution in [-0.4, -0.2) is 25.6 Å². The molecule has 1 N–H and O–H groups in total. The number of nitrogens with zero attached hydrogens (tertiary/aromatic N) is 4. The Morgan fingerprint density at radius 2 is 1.84 bits per heavy atom. The van der Waals surface area contributed by atoms with Crippen molar-refractivity contribution in [2.75, 3.05) is 5.32 Å². The number of hydrogen-bond donors (Lipinski definition) is 1. The Balaban J connectivity index is 1.81. The second-order valence-electron chi connectivity index (χ2n) is 6.87. The number of halogens is 2. The molecule has 0 atom stereocenters. The molecule has 0 aliphatic rings. The van der Waals surface area contributed by atoms with Gasteiger partial charge in [0.1, 0.15) is 0 Å². The summed E-state index contributed by atoms with van der Waals surface area (Å²) in [6, 6.07) is 11.8. The van der Waals surface area contributed by atoms with E-state index in [1.54, 1.807) is 10.7 Å². The number of carbonyl (C=O) groups is 1. The zero-order chi connectivity index (χ0) is 22.3. The van der Waals surface area contributed by atoms with E-state index in [0.29, 0.717) is 36.8 Å². The van der Waals surface area contributed by atoms with Crippen LogP contribution < -0.4 is 5.32 Å². The first-order valence-corrected chi connectivity index (χ1v) is 10.7. The van der Waals surface area contributed by atoms with Crippen molar-refractivity contribution in [2.45, 2.75) is 6.92 Å². The van der Waals surface area contributed by atoms with Crippen molar-refractivity contribution in [3.05, 3.63) is 79.0 Å². The maximum atomic E-state index is 13.3. The van der Waals surface area contributed by atoms with Gasteiger partial charge in [-0.3, -0.25) is 19.6 Å². The minimum Gasteiger partial charge on any atom is -0.320 e. The fourth-order valence-corrected chi connectivity index (χ4v) is 4.68. The lowest BCUT2D eigenvalue weighted by Gasteiger charge is -2.12. The molecule has 0 radical (unpaired) electrons. The van der Waals surface area contributed by atoms with Gasteiger partial charge in [-0.1, -0.05) is 18.2 Å². The Labute approximate surface area is 193 Å².